The van der Waals surface area contributed by atoms with Gasteiger partial charge in [-0.25, -0.2) is 4.98 Å². The first-order chi connectivity index (χ1) is 10.0. The first-order valence-corrected chi connectivity index (χ1v) is 7.06. The molecule has 0 saturated heterocycles. The molecular weight excluding hydrogens is 264 g/mol. The van der Waals surface area contributed by atoms with Crippen molar-refractivity contribution in [2.24, 2.45) is 5.73 Å². The minimum atomic E-state index is -0.953. The van der Waals surface area contributed by atoms with Crippen molar-refractivity contribution in [2.75, 3.05) is 7.05 Å². The number of carbonyl (C=O) groups excluding carboxylic acids is 1. The minimum absolute atomic E-state index is 0.276. The van der Waals surface area contributed by atoms with Crippen LogP contribution in [0.5, 0.6) is 0 Å². The lowest BCUT2D eigenvalue weighted by Crippen LogP contribution is -2.54. The van der Waals surface area contributed by atoms with Crippen molar-refractivity contribution in [1.29, 1.82) is 0 Å². The van der Waals surface area contributed by atoms with E-state index in [0.29, 0.717) is 6.54 Å². The van der Waals surface area contributed by atoms with E-state index in [4.69, 9.17) is 5.73 Å². The van der Waals surface area contributed by atoms with Crippen molar-refractivity contribution in [3.05, 3.63) is 54.1 Å². The van der Waals surface area contributed by atoms with Gasteiger partial charge in [0, 0.05) is 18.3 Å². The van der Waals surface area contributed by atoms with E-state index in [1.165, 1.54) is 0 Å². The largest absolute Gasteiger partial charge is 0.368 e. The Morgan fingerprint density at radius 2 is 2.05 bits per heavy atom. The van der Waals surface area contributed by atoms with Crippen LogP contribution in [0.2, 0.25) is 0 Å². The van der Waals surface area contributed by atoms with Crippen molar-refractivity contribution in [2.45, 2.75) is 31.8 Å². The zero-order valence-corrected chi connectivity index (χ0v) is 12.7. The Labute approximate surface area is 125 Å². The van der Waals surface area contributed by atoms with Crippen LogP contribution in [0.3, 0.4) is 0 Å². The molecule has 1 aromatic carbocycles. The lowest BCUT2D eigenvalue weighted by Gasteiger charge is -2.32. The summed E-state index contributed by atoms with van der Waals surface area (Å²) in [5.74, 6) is 0.810. The molecule has 21 heavy (non-hydrogen) atoms. The van der Waals surface area contributed by atoms with Gasteiger partial charge in [0.2, 0.25) is 5.91 Å². The minimum Gasteiger partial charge on any atom is -0.368 e. The number of nitrogens with two attached hydrogens (primary N) is 1. The van der Waals surface area contributed by atoms with Crippen molar-refractivity contribution < 1.29 is 4.79 Å². The van der Waals surface area contributed by atoms with Crippen LogP contribution in [0.25, 0.3) is 0 Å². The number of hydrogen-bond donors (Lipinski definition) is 2. The van der Waals surface area contributed by atoms with E-state index in [1.54, 1.807) is 13.2 Å². The summed E-state index contributed by atoms with van der Waals surface area (Å²) in [7, 11) is 1.75. The van der Waals surface area contributed by atoms with Crippen LogP contribution in [0.1, 0.15) is 31.2 Å². The fraction of sp³-hybridized carbons (Fsp3) is 0.375. The molecule has 112 valence electrons. The van der Waals surface area contributed by atoms with Crippen LogP contribution in [0.4, 0.5) is 0 Å². The molecule has 0 saturated carbocycles. The molecule has 0 aliphatic rings. The molecule has 1 heterocycles. The van der Waals surface area contributed by atoms with E-state index in [2.05, 4.69) is 24.1 Å². The highest BCUT2D eigenvalue weighted by Gasteiger charge is 2.38. The monoisotopic (exact) mass is 286 g/mol. The molecule has 0 aliphatic carbocycles. The zero-order valence-electron chi connectivity index (χ0n) is 12.7. The van der Waals surface area contributed by atoms with Gasteiger partial charge in [-0.3, -0.25) is 4.79 Å². The van der Waals surface area contributed by atoms with Crippen molar-refractivity contribution in [3.63, 3.8) is 0 Å². The maximum Gasteiger partial charge on any atom is 0.244 e. The number of imidazole rings is 1. The first-order valence-electron chi connectivity index (χ1n) is 7.06. The smallest absolute Gasteiger partial charge is 0.244 e. The molecule has 2 rings (SSSR count). The number of nitrogens with one attached hydrogen (secondary N) is 1. The van der Waals surface area contributed by atoms with Gasteiger partial charge in [-0.05, 0) is 12.6 Å². The second-order valence-corrected chi connectivity index (χ2v) is 5.45. The third kappa shape index (κ3) is 2.83. The third-order valence-corrected chi connectivity index (χ3v) is 3.79. The number of amides is 1. The maximum absolute atomic E-state index is 12.2. The summed E-state index contributed by atoms with van der Waals surface area (Å²) in [6, 6.07) is 9.55. The Kier molecular flexibility index (Phi) is 4.43. The second-order valence-electron chi connectivity index (χ2n) is 5.45. The SMILES string of the molecule is CNC(Cn1ccnc1C(C)C)(C(N)=O)c1ccccc1. The molecule has 1 unspecified atom stereocenters. The Morgan fingerprint density at radius 1 is 1.38 bits per heavy atom. The van der Waals surface area contributed by atoms with Crippen LogP contribution in [0, 0.1) is 0 Å². The molecular formula is C16H22N4O. The van der Waals surface area contributed by atoms with Gasteiger partial charge in [0.1, 0.15) is 11.4 Å². The van der Waals surface area contributed by atoms with Crippen LogP contribution in [-0.2, 0) is 16.9 Å². The molecule has 0 bridgehead atoms. The molecule has 0 radical (unpaired) electrons. The normalized spacial score (nSPS) is 14.1. The van der Waals surface area contributed by atoms with E-state index in [1.807, 2.05) is 41.1 Å². The van der Waals surface area contributed by atoms with Gasteiger partial charge in [0.15, 0.2) is 0 Å². The molecule has 2 aromatic rings. The maximum atomic E-state index is 12.2. The predicted octanol–water partition coefficient (Wildman–Crippen LogP) is 1.61. The van der Waals surface area contributed by atoms with Gasteiger partial charge in [-0.1, -0.05) is 44.2 Å². The molecule has 1 amide bonds. The summed E-state index contributed by atoms with van der Waals surface area (Å²) in [6.07, 6.45) is 3.63. The molecule has 5 nitrogen and oxygen atoms in total. The zero-order chi connectivity index (χ0) is 15.5. The number of benzene rings is 1. The standard InChI is InChI=1S/C16H22N4O/c1-12(2)14-19-9-10-20(14)11-16(18-3,15(17)21)13-7-5-4-6-8-13/h4-10,12,18H,11H2,1-3H3,(H2,17,21). The Bertz CT molecular complexity index is 606. The Morgan fingerprint density at radius 3 is 2.57 bits per heavy atom. The first kappa shape index (κ1) is 15.3. The molecule has 0 aliphatic heterocycles. The Hall–Kier alpha value is -2.14. The van der Waals surface area contributed by atoms with Gasteiger partial charge in [-0.15, -0.1) is 0 Å². The number of rotatable bonds is 6. The highest BCUT2D eigenvalue weighted by Crippen LogP contribution is 2.25. The summed E-state index contributed by atoms with van der Waals surface area (Å²) in [5, 5.41) is 3.11. The highest BCUT2D eigenvalue weighted by atomic mass is 16.1. The summed E-state index contributed by atoms with van der Waals surface area (Å²) >= 11 is 0. The molecule has 5 heteroatoms. The van der Waals surface area contributed by atoms with E-state index >= 15 is 0 Å². The van der Waals surface area contributed by atoms with Gasteiger partial charge in [0.25, 0.3) is 0 Å². The van der Waals surface area contributed by atoms with Gasteiger partial charge in [0.05, 0.1) is 6.54 Å². The summed E-state index contributed by atoms with van der Waals surface area (Å²) < 4.78 is 1.99. The van der Waals surface area contributed by atoms with Crippen molar-refractivity contribution >= 4 is 5.91 Å². The van der Waals surface area contributed by atoms with Crippen molar-refractivity contribution in [1.82, 2.24) is 14.9 Å². The average molecular weight is 286 g/mol. The third-order valence-electron chi connectivity index (χ3n) is 3.79. The topological polar surface area (TPSA) is 72.9 Å². The van der Waals surface area contributed by atoms with E-state index < -0.39 is 11.4 Å². The van der Waals surface area contributed by atoms with Crippen LogP contribution in [0.15, 0.2) is 42.7 Å². The number of primary amides is 1. The van der Waals surface area contributed by atoms with Crippen LogP contribution < -0.4 is 11.1 Å². The van der Waals surface area contributed by atoms with Gasteiger partial charge in [-0.2, -0.15) is 0 Å². The van der Waals surface area contributed by atoms with Crippen LogP contribution in [-0.4, -0.2) is 22.5 Å². The number of nitrogens with zero attached hydrogens (tertiary/aromatic N) is 2. The summed E-state index contributed by atoms with van der Waals surface area (Å²) in [5.41, 5.74) is 5.62. The average Bonchev–Trinajstić information content (AvgIpc) is 2.93. The van der Waals surface area contributed by atoms with E-state index in [-0.39, 0.29) is 5.92 Å². The fourth-order valence-corrected chi connectivity index (χ4v) is 2.59. The summed E-state index contributed by atoms with van der Waals surface area (Å²) in [6.45, 7) is 4.57. The second kappa shape index (κ2) is 6.10. The summed E-state index contributed by atoms with van der Waals surface area (Å²) in [4.78, 5) is 16.6. The molecule has 1 atom stereocenters. The number of aromatic nitrogens is 2. The van der Waals surface area contributed by atoms with Gasteiger partial charge >= 0.3 is 0 Å². The van der Waals surface area contributed by atoms with Gasteiger partial charge < -0.3 is 15.6 Å². The Balaban J connectivity index is 2.47. The number of carbonyl (C=O) groups is 1. The number of hydrogen-bond acceptors (Lipinski definition) is 3. The molecule has 0 spiro atoms. The lowest BCUT2D eigenvalue weighted by atomic mass is 9.88. The fourth-order valence-electron chi connectivity index (χ4n) is 2.59. The molecule has 1 aromatic heterocycles. The lowest BCUT2D eigenvalue weighted by molar-refractivity contribution is -0.125. The van der Waals surface area contributed by atoms with Crippen LogP contribution >= 0.6 is 0 Å². The molecule has 0 fully saturated rings. The number of likely N-dealkylation sites (N-methyl/N-ethyl adjacent to an activating group) is 1. The van der Waals surface area contributed by atoms with Crippen molar-refractivity contribution in [3.8, 4) is 0 Å². The van der Waals surface area contributed by atoms with E-state index in [0.717, 1.165) is 11.4 Å². The highest BCUT2D eigenvalue weighted by molar-refractivity contribution is 5.86. The quantitative estimate of drug-likeness (QED) is 0.847. The molecule has 3 N–H and O–H groups in total. The predicted molar refractivity (Wildman–Crippen MR) is 82.7 cm³/mol. The van der Waals surface area contributed by atoms with E-state index in [9.17, 15) is 4.79 Å².